The first kappa shape index (κ1) is 11.3. The van der Waals surface area contributed by atoms with Crippen molar-refractivity contribution in [2.24, 2.45) is 0 Å². The Balaban J connectivity index is 2.30. The van der Waals surface area contributed by atoms with Crippen molar-refractivity contribution < 1.29 is 9.13 Å². The Labute approximate surface area is 104 Å². The van der Waals surface area contributed by atoms with Crippen molar-refractivity contribution in [3.8, 4) is 11.6 Å². The van der Waals surface area contributed by atoms with Gasteiger partial charge < -0.3 is 4.74 Å². The predicted molar refractivity (Wildman–Crippen MR) is 61.2 cm³/mol. The molecule has 1 aromatic carbocycles. The van der Waals surface area contributed by atoms with Crippen LogP contribution in [0.15, 0.2) is 35.1 Å². The third kappa shape index (κ3) is 2.68. The lowest BCUT2D eigenvalue weighted by molar-refractivity contribution is 0.450. The van der Waals surface area contributed by atoms with Crippen LogP contribution in [-0.2, 0) is 0 Å². The maximum absolute atomic E-state index is 12.8. The lowest BCUT2D eigenvalue weighted by atomic mass is 10.3. The lowest BCUT2D eigenvalue weighted by Crippen LogP contribution is -1.91. The van der Waals surface area contributed by atoms with E-state index in [4.69, 9.17) is 16.3 Å². The normalized spacial score (nSPS) is 10.2. The molecule has 2 rings (SSSR count). The number of halogens is 3. The fourth-order valence-corrected chi connectivity index (χ4v) is 1.54. The minimum absolute atomic E-state index is 0.104. The van der Waals surface area contributed by atoms with E-state index in [1.54, 1.807) is 18.2 Å². The largest absolute Gasteiger partial charge is 0.437 e. The van der Waals surface area contributed by atoms with Gasteiger partial charge >= 0.3 is 0 Å². The molecule has 0 atom stereocenters. The van der Waals surface area contributed by atoms with Gasteiger partial charge in [-0.05, 0) is 18.2 Å². The van der Waals surface area contributed by atoms with Crippen molar-refractivity contribution in [3.63, 3.8) is 0 Å². The SMILES string of the molecule is Fc1cc(Oc2cc(Br)ccc2Cl)ncn1. The van der Waals surface area contributed by atoms with Crippen LogP contribution in [0.2, 0.25) is 5.02 Å². The molecule has 2 aromatic rings. The van der Waals surface area contributed by atoms with Crippen molar-refractivity contribution in [3.05, 3.63) is 46.0 Å². The van der Waals surface area contributed by atoms with E-state index in [1.165, 1.54) is 0 Å². The molecule has 0 aliphatic carbocycles. The Kier molecular flexibility index (Phi) is 3.36. The highest BCUT2D eigenvalue weighted by Gasteiger charge is 2.05. The summed E-state index contributed by atoms with van der Waals surface area (Å²) in [5.41, 5.74) is 0. The van der Waals surface area contributed by atoms with Crippen molar-refractivity contribution in [2.45, 2.75) is 0 Å². The van der Waals surface area contributed by atoms with Gasteiger partial charge in [-0.2, -0.15) is 4.39 Å². The van der Waals surface area contributed by atoms with E-state index in [1.807, 2.05) is 0 Å². The average molecular weight is 304 g/mol. The summed E-state index contributed by atoms with van der Waals surface area (Å²) in [4.78, 5) is 7.08. The van der Waals surface area contributed by atoms with Crippen LogP contribution in [0.5, 0.6) is 11.6 Å². The molecule has 0 amide bonds. The van der Waals surface area contributed by atoms with Crippen molar-refractivity contribution >= 4 is 27.5 Å². The van der Waals surface area contributed by atoms with E-state index in [0.29, 0.717) is 10.8 Å². The van der Waals surface area contributed by atoms with Gasteiger partial charge in [0.05, 0.1) is 11.1 Å². The molecule has 0 aliphatic rings. The van der Waals surface area contributed by atoms with Crippen molar-refractivity contribution in [2.75, 3.05) is 0 Å². The van der Waals surface area contributed by atoms with E-state index in [-0.39, 0.29) is 5.88 Å². The van der Waals surface area contributed by atoms with E-state index < -0.39 is 5.95 Å². The summed E-state index contributed by atoms with van der Waals surface area (Å²) in [6.45, 7) is 0. The summed E-state index contributed by atoms with van der Waals surface area (Å²) >= 11 is 9.18. The predicted octanol–water partition coefficient (Wildman–Crippen LogP) is 3.82. The molecular weight excluding hydrogens is 298 g/mol. The van der Waals surface area contributed by atoms with Gasteiger partial charge in [0, 0.05) is 4.47 Å². The summed E-state index contributed by atoms with van der Waals surface area (Å²) in [7, 11) is 0. The molecule has 82 valence electrons. The van der Waals surface area contributed by atoms with E-state index in [9.17, 15) is 4.39 Å². The van der Waals surface area contributed by atoms with Crippen LogP contribution >= 0.6 is 27.5 Å². The van der Waals surface area contributed by atoms with Gasteiger partial charge in [-0.25, -0.2) is 9.97 Å². The van der Waals surface area contributed by atoms with Gasteiger partial charge in [0.1, 0.15) is 12.1 Å². The zero-order chi connectivity index (χ0) is 11.5. The Morgan fingerprint density at radius 3 is 2.81 bits per heavy atom. The Morgan fingerprint density at radius 1 is 1.25 bits per heavy atom. The zero-order valence-corrected chi connectivity index (χ0v) is 10.2. The smallest absolute Gasteiger partial charge is 0.225 e. The fourth-order valence-electron chi connectivity index (χ4n) is 1.04. The fraction of sp³-hybridized carbons (Fsp3) is 0. The summed E-state index contributed by atoms with van der Waals surface area (Å²) in [5, 5.41) is 0.419. The Hall–Kier alpha value is -1.20. The second-order valence-corrected chi connectivity index (χ2v) is 4.18. The second kappa shape index (κ2) is 4.76. The highest BCUT2D eigenvalue weighted by atomic mass is 79.9. The molecule has 6 heteroatoms. The molecular formula is C10H5BrClFN2O. The van der Waals surface area contributed by atoms with Crippen molar-refractivity contribution in [1.29, 1.82) is 0 Å². The van der Waals surface area contributed by atoms with Crippen LogP contribution in [0.3, 0.4) is 0 Å². The van der Waals surface area contributed by atoms with Crippen LogP contribution in [0, 0.1) is 5.95 Å². The number of ether oxygens (including phenoxy) is 1. The lowest BCUT2D eigenvalue weighted by Gasteiger charge is -2.06. The third-order valence-electron chi connectivity index (χ3n) is 1.72. The van der Waals surface area contributed by atoms with Crippen LogP contribution in [-0.4, -0.2) is 9.97 Å². The molecule has 3 nitrogen and oxygen atoms in total. The van der Waals surface area contributed by atoms with E-state index in [0.717, 1.165) is 16.9 Å². The van der Waals surface area contributed by atoms with Crippen LogP contribution < -0.4 is 4.74 Å². The molecule has 0 bridgehead atoms. The molecule has 1 heterocycles. The highest BCUT2D eigenvalue weighted by Crippen LogP contribution is 2.31. The molecule has 0 saturated heterocycles. The topological polar surface area (TPSA) is 35.0 Å². The van der Waals surface area contributed by atoms with E-state index in [2.05, 4.69) is 25.9 Å². The monoisotopic (exact) mass is 302 g/mol. The van der Waals surface area contributed by atoms with Gasteiger partial charge in [-0.15, -0.1) is 0 Å². The number of nitrogens with zero attached hydrogens (tertiary/aromatic N) is 2. The molecule has 0 aliphatic heterocycles. The number of hydrogen-bond acceptors (Lipinski definition) is 3. The minimum atomic E-state index is -0.656. The average Bonchev–Trinajstić information content (AvgIpc) is 2.24. The first-order chi connectivity index (χ1) is 7.65. The van der Waals surface area contributed by atoms with Crippen molar-refractivity contribution in [1.82, 2.24) is 9.97 Å². The number of rotatable bonds is 2. The van der Waals surface area contributed by atoms with Gasteiger partial charge in [0.15, 0.2) is 0 Å². The van der Waals surface area contributed by atoms with Gasteiger partial charge in [0.25, 0.3) is 0 Å². The minimum Gasteiger partial charge on any atom is -0.437 e. The first-order valence-electron chi connectivity index (χ1n) is 4.25. The quantitative estimate of drug-likeness (QED) is 0.791. The number of aromatic nitrogens is 2. The third-order valence-corrected chi connectivity index (χ3v) is 2.52. The molecule has 16 heavy (non-hydrogen) atoms. The number of benzene rings is 1. The molecule has 0 radical (unpaired) electrons. The second-order valence-electron chi connectivity index (χ2n) is 2.86. The Morgan fingerprint density at radius 2 is 2.06 bits per heavy atom. The molecule has 0 fully saturated rings. The maximum atomic E-state index is 12.8. The molecule has 0 saturated carbocycles. The van der Waals surface area contributed by atoms with Gasteiger partial charge in [0.2, 0.25) is 11.8 Å². The van der Waals surface area contributed by atoms with Gasteiger partial charge in [-0.3, -0.25) is 0 Å². The maximum Gasteiger partial charge on any atom is 0.225 e. The molecule has 0 N–H and O–H groups in total. The zero-order valence-electron chi connectivity index (χ0n) is 7.82. The van der Waals surface area contributed by atoms with E-state index >= 15 is 0 Å². The molecule has 0 unspecified atom stereocenters. The molecule has 1 aromatic heterocycles. The summed E-state index contributed by atoms with van der Waals surface area (Å²) in [6.07, 6.45) is 1.08. The molecule has 0 spiro atoms. The van der Waals surface area contributed by atoms with Crippen LogP contribution in [0.4, 0.5) is 4.39 Å². The summed E-state index contributed by atoms with van der Waals surface area (Å²) in [5.74, 6) is -0.155. The standard InChI is InChI=1S/C10H5BrClFN2O/c11-6-1-2-7(12)8(3-6)16-10-4-9(13)14-5-15-10/h1-5H. The Bertz CT molecular complexity index is 524. The number of hydrogen-bond donors (Lipinski definition) is 0. The first-order valence-corrected chi connectivity index (χ1v) is 5.43. The van der Waals surface area contributed by atoms with Gasteiger partial charge in [-0.1, -0.05) is 27.5 Å². The van der Waals surface area contributed by atoms with Crippen LogP contribution in [0.25, 0.3) is 0 Å². The summed E-state index contributed by atoms with van der Waals surface area (Å²) < 4.78 is 18.9. The highest BCUT2D eigenvalue weighted by molar-refractivity contribution is 9.10. The summed E-state index contributed by atoms with van der Waals surface area (Å²) in [6, 6.07) is 6.19. The van der Waals surface area contributed by atoms with Crippen LogP contribution in [0.1, 0.15) is 0 Å².